The number of nitrogens with zero attached hydrogens (tertiary/aromatic N) is 5. The fourth-order valence-electron chi connectivity index (χ4n) is 4.87. The van der Waals surface area contributed by atoms with Crippen LogP contribution in [0.1, 0.15) is 46.1 Å². The van der Waals surface area contributed by atoms with Gasteiger partial charge in [-0.3, -0.25) is 4.90 Å². The molecule has 220 valence electrons. The molecule has 3 N–H and O–H groups in total. The van der Waals surface area contributed by atoms with E-state index in [4.69, 9.17) is 15.5 Å². The number of fused-ring (bicyclic) bond motifs is 1. The van der Waals surface area contributed by atoms with Crippen molar-refractivity contribution in [2.24, 2.45) is 5.73 Å². The maximum atomic E-state index is 6.15. The fraction of sp³-hybridized carbons (Fsp3) is 0.452. The molecule has 10 heteroatoms. The molecule has 4 aromatic rings. The minimum Gasteiger partial charge on any atom is -0.378 e. The smallest absolute Gasteiger partial charge is 0.159 e. The largest absolute Gasteiger partial charge is 0.378 e. The average Bonchev–Trinajstić information content (AvgIpc) is 3.48. The number of benzene rings is 2. The van der Waals surface area contributed by atoms with Gasteiger partial charge in [-0.15, -0.1) is 0 Å². The lowest BCUT2D eigenvalue weighted by atomic mass is 10.1. The summed E-state index contributed by atoms with van der Waals surface area (Å²) in [6.45, 7) is 14.2. The molecule has 4 heterocycles. The van der Waals surface area contributed by atoms with Crippen LogP contribution in [-0.4, -0.2) is 65.3 Å². The Kier molecular flexibility index (Phi) is 12.2. The summed E-state index contributed by atoms with van der Waals surface area (Å²) in [5, 5.41) is 0.953. The van der Waals surface area contributed by atoms with Gasteiger partial charge in [-0.05, 0) is 73.3 Å². The van der Waals surface area contributed by atoms with Crippen LogP contribution in [0.4, 0.5) is 11.5 Å². The molecular weight excluding hydrogens is 551 g/mol. The standard InChI is InChI=1S/C27H31N7OS2.2C2H6/c28-21-4-2-10-33(17-21)16-19-3-1-5-23(15-19)37-32-22-8-6-20(7-9-22)26-31-24-25(29-18-30-27(24)36-26)34-11-13-35-14-12-34;2*1-2/h1,3,5-9,15,18,21,32H,2,4,10-14,16-17,28H2;2*1-2H3. The molecule has 6 rings (SSSR count). The van der Waals surface area contributed by atoms with E-state index >= 15 is 0 Å². The van der Waals surface area contributed by atoms with Crippen LogP contribution in [0.2, 0.25) is 0 Å². The van der Waals surface area contributed by atoms with Crippen LogP contribution in [0.15, 0.2) is 59.8 Å². The first kappa shape index (κ1) is 31.2. The van der Waals surface area contributed by atoms with Crippen molar-refractivity contribution in [3.63, 3.8) is 0 Å². The molecule has 1 unspecified atom stereocenters. The predicted octanol–water partition coefficient (Wildman–Crippen LogP) is 6.68. The molecular formula is C31H43N7OS2. The van der Waals surface area contributed by atoms with E-state index in [1.807, 2.05) is 27.7 Å². The second-order valence-electron chi connectivity index (χ2n) is 9.54. The zero-order valence-electron chi connectivity index (χ0n) is 24.7. The Labute approximate surface area is 252 Å². The molecule has 0 aliphatic carbocycles. The van der Waals surface area contributed by atoms with Crippen LogP contribution in [0.5, 0.6) is 0 Å². The summed E-state index contributed by atoms with van der Waals surface area (Å²) in [5.74, 6) is 0.899. The number of morpholine rings is 1. The SMILES string of the molecule is CC.CC.NC1CCCN(Cc2cccc(SNc3ccc(-c4nc5c(N6CCOCC6)ncnc5s4)cc3)c2)C1. The number of aromatic nitrogens is 3. The van der Waals surface area contributed by atoms with Gasteiger partial charge in [0.2, 0.25) is 0 Å². The first-order valence-corrected chi connectivity index (χ1v) is 16.4. The highest BCUT2D eigenvalue weighted by Gasteiger charge is 2.19. The summed E-state index contributed by atoms with van der Waals surface area (Å²) in [5.41, 5.74) is 10.5. The third-order valence-corrected chi connectivity index (χ3v) is 8.59. The lowest BCUT2D eigenvalue weighted by Gasteiger charge is -2.30. The topological polar surface area (TPSA) is 92.4 Å². The van der Waals surface area contributed by atoms with Gasteiger partial charge in [0, 0.05) is 48.4 Å². The molecule has 2 aliphatic rings. The van der Waals surface area contributed by atoms with Crippen LogP contribution >= 0.6 is 23.3 Å². The first-order chi connectivity index (χ1) is 20.2. The van der Waals surface area contributed by atoms with E-state index in [1.165, 1.54) is 16.9 Å². The van der Waals surface area contributed by atoms with Crippen LogP contribution in [0, 0.1) is 0 Å². The van der Waals surface area contributed by atoms with Crippen molar-refractivity contribution in [1.29, 1.82) is 0 Å². The van der Waals surface area contributed by atoms with E-state index in [2.05, 4.69) is 73.0 Å². The van der Waals surface area contributed by atoms with Crippen molar-refractivity contribution < 1.29 is 4.74 Å². The zero-order chi connectivity index (χ0) is 29.0. The number of hydrogen-bond acceptors (Lipinski definition) is 10. The van der Waals surface area contributed by atoms with E-state index in [0.717, 1.165) is 71.6 Å². The molecule has 0 saturated carbocycles. The Balaban J connectivity index is 0.000000929. The number of thiazole rings is 1. The highest BCUT2D eigenvalue weighted by molar-refractivity contribution is 8.00. The highest BCUT2D eigenvalue weighted by Crippen LogP contribution is 2.34. The van der Waals surface area contributed by atoms with Gasteiger partial charge in [0.15, 0.2) is 5.82 Å². The summed E-state index contributed by atoms with van der Waals surface area (Å²) in [6.07, 6.45) is 3.96. The number of hydrogen-bond donors (Lipinski definition) is 2. The lowest BCUT2D eigenvalue weighted by molar-refractivity contribution is 0.122. The molecule has 0 radical (unpaired) electrons. The van der Waals surface area contributed by atoms with Gasteiger partial charge in [0.25, 0.3) is 0 Å². The number of likely N-dealkylation sites (tertiary alicyclic amines) is 1. The number of nitrogens with two attached hydrogens (primary N) is 1. The molecule has 2 aromatic heterocycles. The van der Waals surface area contributed by atoms with Crippen LogP contribution in [-0.2, 0) is 11.3 Å². The molecule has 1 atom stereocenters. The van der Waals surface area contributed by atoms with E-state index in [9.17, 15) is 0 Å². The third-order valence-electron chi connectivity index (χ3n) is 6.75. The van der Waals surface area contributed by atoms with Gasteiger partial charge in [-0.25, -0.2) is 15.0 Å². The second kappa shape index (κ2) is 16.0. The molecule has 0 bridgehead atoms. The molecule has 2 saturated heterocycles. The molecule has 41 heavy (non-hydrogen) atoms. The number of anilines is 2. The summed E-state index contributed by atoms with van der Waals surface area (Å²) < 4.78 is 8.97. The van der Waals surface area contributed by atoms with Gasteiger partial charge in [0.05, 0.1) is 13.2 Å². The summed E-state index contributed by atoms with van der Waals surface area (Å²) >= 11 is 3.24. The van der Waals surface area contributed by atoms with Crippen LogP contribution < -0.4 is 15.4 Å². The van der Waals surface area contributed by atoms with Crippen molar-refractivity contribution in [3.8, 4) is 10.6 Å². The molecule has 2 aromatic carbocycles. The monoisotopic (exact) mass is 593 g/mol. The zero-order valence-corrected chi connectivity index (χ0v) is 26.3. The molecule has 0 amide bonds. The number of ether oxygens (including phenoxy) is 1. The average molecular weight is 594 g/mol. The third kappa shape index (κ3) is 8.39. The molecule has 0 spiro atoms. The predicted molar refractivity (Wildman–Crippen MR) is 175 cm³/mol. The summed E-state index contributed by atoms with van der Waals surface area (Å²) in [6, 6.07) is 17.5. The summed E-state index contributed by atoms with van der Waals surface area (Å²) in [7, 11) is 0. The Hall–Kier alpha value is -2.76. The lowest BCUT2D eigenvalue weighted by Crippen LogP contribution is -2.42. The number of rotatable bonds is 7. The Morgan fingerprint density at radius 2 is 1.80 bits per heavy atom. The van der Waals surface area contributed by atoms with Crippen molar-refractivity contribution in [3.05, 3.63) is 60.4 Å². The van der Waals surface area contributed by atoms with E-state index in [0.29, 0.717) is 19.3 Å². The van der Waals surface area contributed by atoms with Gasteiger partial charge in [0.1, 0.15) is 21.7 Å². The minimum atomic E-state index is 0.304. The number of piperidine rings is 1. The Morgan fingerprint density at radius 3 is 2.56 bits per heavy atom. The first-order valence-electron chi connectivity index (χ1n) is 14.8. The Bertz CT molecular complexity index is 1340. The van der Waals surface area contributed by atoms with Crippen LogP contribution in [0.25, 0.3) is 20.9 Å². The number of nitrogens with one attached hydrogen (secondary N) is 1. The molecule has 2 fully saturated rings. The van der Waals surface area contributed by atoms with Crippen molar-refractivity contribution >= 4 is 45.1 Å². The van der Waals surface area contributed by atoms with E-state index in [-0.39, 0.29) is 0 Å². The van der Waals surface area contributed by atoms with Crippen LogP contribution in [0.3, 0.4) is 0 Å². The maximum absolute atomic E-state index is 6.15. The van der Waals surface area contributed by atoms with Crippen molar-refractivity contribution in [2.75, 3.05) is 49.0 Å². The molecule has 8 nitrogen and oxygen atoms in total. The fourth-order valence-corrected chi connectivity index (χ4v) is 6.51. The van der Waals surface area contributed by atoms with Gasteiger partial charge in [-0.2, -0.15) is 0 Å². The normalized spacial score (nSPS) is 17.3. The van der Waals surface area contributed by atoms with E-state index in [1.54, 1.807) is 29.6 Å². The second-order valence-corrected chi connectivity index (χ2v) is 11.4. The van der Waals surface area contributed by atoms with Gasteiger partial charge >= 0.3 is 0 Å². The van der Waals surface area contributed by atoms with Gasteiger partial charge < -0.3 is 20.1 Å². The highest BCUT2D eigenvalue weighted by atomic mass is 32.2. The van der Waals surface area contributed by atoms with Gasteiger partial charge in [-0.1, -0.05) is 51.2 Å². The van der Waals surface area contributed by atoms with E-state index < -0.39 is 0 Å². The quantitative estimate of drug-likeness (QED) is 0.228. The summed E-state index contributed by atoms with van der Waals surface area (Å²) in [4.78, 5) is 20.7. The maximum Gasteiger partial charge on any atom is 0.159 e. The minimum absolute atomic E-state index is 0.304. The molecule has 2 aliphatic heterocycles. The Morgan fingerprint density at radius 1 is 1.02 bits per heavy atom. The van der Waals surface area contributed by atoms with Crippen molar-refractivity contribution in [1.82, 2.24) is 19.9 Å². The van der Waals surface area contributed by atoms with Crippen molar-refractivity contribution in [2.45, 2.75) is 58.0 Å².